The molecular formula is C11H16ClNO. The largest absolute Gasteiger partial charge is 0.391 e. The fraction of sp³-hybridized carbons (Fsp3) is 0.455. The summed E-state index contributed by atoms with van der Waals surface area (Å²) in [5.41, 5.74) is 2.28. The first-order chi connectivity index (χ1) is 6.63. The van der Waals surface area contributed by atoms with Crippen molar-refractivity contribution in [3.05, 3.63) is 34.3 Å². The third-order valence-corrected chi connectivity index (χ3v) is 2.44. The average Bonchev–Trinajstić information content (AvgIpc) is 2.12. The van der Waals surface area contributed by atoms with Crippen molar-refractivity contribution in [3.8, 4) is 0 Å². The number of likely N-dealkylation sites (N-methyl/N-ethyl adjacent to an activating group) is 1. The molecule has 0 heterocycles. The maximum Gasteiger partial charge on any atom is 0.0704 e. The van der Waals surface area contributed by atoms with Crippen LogP contribution in [0.25, 0.3) is 0 Å². The van der Waals surface area contributed by atoms with E-state index >= 15 is 0 Å². The molecule has 0 aliphatic rings. The molecule has 0 saturated heterocycles. The summed E-state index contributed by atoms with van der Waals surface area (Å²) in [6, 6.07) is 5.75. The van der Waals surface area contributed by atoms with Gasteiger partial charge in [0.25, 0.3) is 0 Å². The summed E-state index contributed by atoms with van der Waals surface area (Å²) in [5, 5.41) is 13.3. The highest BCUT2D eigenvalue weighted by molar-refractivity contribution is 6.30. The van der Waals surface area contributed by atoms with Crippen LogP contribution >= 0.6 is 11.6 Å². The standard InChI is InChI=1S/C11H16ClNO/c1-8-3-4-10(12)5-9(8)6-11(14)7-13-2/h3-5,11,13-14H,6-7H2,1-2H3. The number of benzene rings is 1. The molecule has 1 aromatic rings. The van der Waals surface area contributed by atoms with Crippen LogP contribution < -0.4 is 5.32 Å². The molecule has 2 nitrogen and oxygen atoms in total. The van der Waals surface area contributed by atoms with Gasteiger partial charge in [-0.3, -0.25) is 0 Å². The highest BCUT2D eigenvalue weighted by Crippen LogP contribution is 2.16. The lowest BCUT2D eigenvalue weighted by molar-refractivity contribution is 0.174. The van der Waals surface area contributed by atoms with Gasteiger partial charge in [0, 0.05) is 11.6 Å². The van der Waals surface area contributed by atoms with E-state index in [0.717, 1.165) is 10.6 Å². The molecule has 1 aromatic carbocycles. The van der Waals surface area contributed by atoms with Crippen LogP contribution in [0, 0.1) is 6.92 Å². The van der Waals surface area contributed by atoms with Crippen LogP contribution in [-0.2, 0) is 6.42 Å². The van der Waals surface area contributed by atoms with Gasteiger partial charge in [0.1, 0.15) is 0 Å². The first-order valence-corrected chi connectivity index (χ1v) is 5.09. The summed E-state index contributed by atoms with van der Waals surface area (Å²) in [6.07, 6.45) is 0.296. The van der Waals surface area contributed by atoms with Crippen LogP contribution in [0.1, 0.15) is 11.1 Å². The fourth-order valence-corrected chi connectivity index (χ4v) is 1.62. The van der Waals surface area contributed by atoms with Crippen LogP contribution in [0.15, 0.2) is 18.2 Å². The Balaban J connectivity index is 2.70. The molecule has 0 saturated carbocycles. The minimum Gasteiger partial charge on any atom is -0.391 e. The molecule has 1 unspecified atom stereocenters. The molecule has 0 aliphatic carbocycles. The van der Waals surface area contributed by atoms with Gasteiger partial charge in [0.2, 0.25) is 0 Å². The van der Waals surface area contributed by atoms with Crippen LogP contribution in [-0.4, -0.2) is 24.8 Å². The number of aliphatic hydroxyl groups excluding tert-OH is 1. The van der Waals surface area contributed by atoms with E-state index in [1.807, 2.05) is 32.2 Å². The highest BCUT2D eigenvalue weighted by atomic mass is 35.5. The minimum absolute atomic E-state index is 0.350. The van der Waals surface area contributed by atoms with Crippen LogP contribution in [0.5, 0.6) is 0 Å². The van der Waals surface area contributed by atoms with Crippen LogP contribution in [0.3, 0.4) is 0 Å². The Morgan fingerprint density at radius 2 is 2.21 bits per heavy atom. The third-order valence-electron chi connectivity index (χ3n) is 2.21. The number of hydrogen-bond donors (Lipinski definition) is 2. The second-order valence-corrected chi connectivity index (χ2v) is 3.92. The Labute approximate surface area is 89.9 Å². The van der Waals surface area contributed by atoms with Gasteiger partial charge in [-0.15, -0.1) is 0 Å². The van der Waals surface area contributed by atoms with Gasteiger partial charge in [0.05, 0.1) is 6.10 Å². The molecular weight excluding hydrogens is 198 g/mol. The van der Waals surface area contributed by atoms with Crippen molar-refractivity contribution >= 4 is 11.6 Å². The lowest BCUT2D eigenvalue weighted by Gasteiger charge is -2.12. The smallest absolute Gasteiger partial charge is 0.0704 e. The summed E-state index contributed by atoms with van der Waals surface area (Å²) < 4.78 is 0. The molecule has 0 bridgehead atoms. The van der Waals surface area contributed by atoms with Crippen molar-refractivity contribution < 1.29 is 5.11 Å². The first kappa shape index (κ1) is 11.5. The normalized spacial score (nSPS) is 12.9. The van der Waals surface area contributed by atoms with E-state index in [9.17, 15) is 5.11 Å². The number of aryl methyl sites for hydroxylation is 1. The lowest BCUT2D eigenvalue weighted by Crippen LogP contribution is -2.25. The summed E-state index contributed by atoms with van der Waals surface area (Å²) >= 11 is 5.88. The van der Waals surface area contributed by atoms with E-state index in [-0.39, 0.29) is 6.10 Å². The van der Waals surface area contributed by atoms with Crippen molar-refractivity contribution in [2.75, 3.05) is 13.6 Å². The highest BCUT2D eigenvalue weighted by Gasteiger charge is 2.06. The molecule has 3 heteroatoms. The molecule has 1 atom stereocenters. The van der Waals surface area contributed by atoms with E-state index in [4.69, 9.17) is 11.6 Å². The van der Waals surface area contributed by atoms with E-state index in [2.05, 4.69) is 5.32 Å². The van der Waals surface area contributed by atoms with E-state index < -0.39 is 0 Å². The third kappa shape index (κ3) is 3.29. The van der Waals surface area contributed by atoms with Gasteiger partial charge in [-0.1, -0.05) is 17.7 Å². The van der Waals surface area contributed by atoms with E-state index in [1.54, 1.807) is 0 Å². The van der Waals surface area contributed by atoms with Gasteiger partial charge < -0.3 is 10.4 Å². The Morgan fingerprint density at radius 3 is 2.86 bits per heavy atom. The monoisotopic (exact) mass is 213 g/mol. The second-order valence-electron chi connectivity index (χ2n) is 3.49. The Bertz CT molecular complexity index is 301. The predicted molar refractivity (Wildman–Crippen MR) is 59.8 cm³/mol. The Kier molecular flexibility index (Phi) is 4.39. The summed E-state index contributed by atoms with van der Waals surface area (Å²) in [7, 11) is 1.83. The Hall–Kier alpha value is -0.570. The molecule has 2 N–H and O–H groups in total. The van der Waals surface area contributed by atoms with Crippen molar-refractivity contribution in [2.45, 2.75) is 19.4 Å². The molecule has 0 aliphatic heterocycles. The predicted octanol–water partition coefficient (Wildman–Crippen LogP) is 1.77. The minimum atomic E-state index is -0.350. The summed E-state index contributed by atoms with van der Waals surface area (Å²) in [5.74, 6) is 0. The van der Waals surface area contributed by atoms with Gasteiger partial charge in [-0.2, -0.15) is 0 Å². The average molecular weight is 214 g/mol. The molecule has 14 heavy (non-hydrogen) atoms. The van der Waals surface area contributed by atoms with E-state index in [0.29, 0.717) is 13.0 Å². The first-order valence-electron chi connectivity index (χ1n) is 4.71. The fourth-order valence-electron chi connectivity index (χ4n) is 1.42. The number of halogens is 1. The molecule has 0 fully saturated rings. The number of rotatable bonds is 4. The summed E-state index contributed by atoms with van der Waals surface area (Å²) in [6.45, 7) is 2.63. The van der Waals surface area contributed by atoms with Gasteiger partial charge in [-0.05, 0) is 43.7 Å². The van der Waals surface area contributed by atoms with Crippen molar-refractivity contribution in [1.29, 1.82) is 0 Å². The van der Waals surface area contributed by atoms with Gasteiger partial charge in [-0.25, -0.2) is 0 Å². The van der Waals surface area contributed by atoms with Gasteiger partial charge in [0.15, 0.2) is 0 Å². The molecule has 0 aromatic heterocycles. The lowest BCUT2D eigenvalue weighted by atomic mass is 10.0. The quantitative estimate of drug-likeness (QED) is 0.799. The molecule has 78 valence electrons. The number of nitrogens with one attached hydrogen (secondary N) is 1. The van der Waals surface area contributed by atoms with Crippen molar-refractivity contribution in [1.82, 2.24) is 5.32 Å². The van der Waals surface area contributed by atoms with Crippen LogP contribution in [0.4, 0.5) is 0 Å². The molecule has 0 amide bonds. The Morgan fingerprint density at radius 1 is 1.50 bits per heavy atom. The zero-order valence-electron chi connectivity index (χ0n) is 8.55. The summed E-state index contributed by atoms with van der Waals surface area (Å²) in [4.78, 5) is 0. The molecule has 0 radical (unpaired) electrons. The van der Waals surface area contributed by atoms with Crippen molar-refractivity contribution in [3.63, 3.8) is 0 Å². The molecule has 1 rings (SSSR count). The topological polar surface area (TPSA) is 32.3 Å². The molecule has 0 spiro atoms. The SMILES string of the molecule is CNCC(O)Cc1cc(Cl)ccc1C. The van der Waals surface area contributed by atoms with Crippen LogP contribution in [0.2, 0.25) is 5.02 Å². The second kappa shape index (κ2) is 5.35. The van der Waals surface area contributed by atoms with Gasteiger partial charge >= 0.3 is 0 Å². The number of hydrogen-bond acceptors (Lipinski definition) is 2. The maximum atomic E-state index is 9.61. The zero-order valence-corrected chi connectivity index (χ0v) is 9.30. The van der Waals surface area contributed by atoms with Crippen molar-refractivity contribution in [2.24, 2.45) is 0 Å². The zero-order chi connectivity index (χ0) is 10.6. The van der Waals surface area contributed by atoms with E-state index in [1.165, 1.54) is 5.56 Å². The maximum absolute atomic E-state index is 9.61. The number of aliphatic hydroxyl groups is 1.